The van der Waals surface area contributed by atoms with Crippen LogP contribution in [0.5, 0.6) is 0 Å². The molecule has 0 amide bonds. The van der Waals surface area contributed by atoms with Gasteiger partial charge in [0.2, 0.25) is 0 Å². The highest BCUT2D eigenvalue weighted by Gasteiger charge is 1.96. The van der Waals surface area contributed by atoms with Gasteiger partial charge in [0.1, 0.15) is 6.61 Å². The van der Waals surface area contributed by atoms with E-state index in [-0.39, 0.29) is 0 Å². The van der Waals surface area contributed by atoms with Crippen LogP contribution in [-0.4, -0.2) is 45.6 Å². The van der Waals surface area contributed by atoms with Gasteiger partial charge in [-0.25, -0.2) is 4.79 Å². The minimum absolute atomic E-state index is 0.315. The fourth-order valence-electron chi connectivity index (χ4n) is 1.63. The molecule has 0 radical (unpaired) electrons. The third-order valence-corrected chi connectivity index (χ3v) is 2.68. The van der Waals surface area contributed by atoms with E-state index in [0.29, 0.717) is 13.0 Å². The summed E-state index contributed by atoms with van der Waals surface area (Å²) in [7, 11) is 0. The first-order valence-electron chi connectivity index (χ1n) is 7.20. The first-order chi connectivity index (χ1) is 9.54. The molecule has 4 N–H and O–H groups in total. The molecule has 0 aliphatic rings. The van der Waals surface area contributed by atoms with Crippen molar-refractivity contribution >= 4 is 11.9 Å². The van der Waals surface area contributed by atoms with E-state index in [2.05, 4.69) is 0 Å². The Labute approximate surface area is 120 Å². The lowest BCUT2D eigenvalue weighted by atomic mass is 10.1. The molecule has 0 rings (SSSR count). The fraction of sp³-hybridized carbons (Fsp3) is 0.857. The highest BCUT2D eigenvalue weighted by molar-refractivity contribution is 5.67. The van der Waals surface area contributed by atoms with Crippen LogP contribution in [0.3, 0.4) is 0 Å². The molecular weight excluding hydrogens is 264 g/mol. The Hall–Kier alpha value is -1.14. The topological polar surface area (TPSA) is 115 Å². The maximum Gasteiger partial charge on any atom is 0.329 e. The van der Waals surface area contributed by atoms with Gasteiger partial charge in [-0.1, -0.05) is 44.9 Å². The minimum atomic E-state index is -1.19. The number of carboxylic acids is 2. The van der Waals surface area contributed by atoms with Gasteiger partial charge in [0.15, 0.2) is 0 Å². The van der Waals surface area contributed by atoms with Crippen molar-refractivity contribution in [2.24, 2.45) is 0 Å². The molecule has 0 saturated carbocycles. The van der Waals surface area contributed by atoms with Crippen molar-refractivity contribution in [1.29, 1.82) is 0 Å². The summed E-state index contributed by atoms with van der Waals surface area (Å²) < 4.78 is 0. The van der Waals surface area contributed by atoms with Gasteiger partial charge in [-0.3, -0.25) is 4.79 Å². The van der Waals surface area contributed by atoms with E-state index in [4.69, 9.17) is 25.2 Å². The Morgan fingerprint density at radius 1 is 0.600 bits per heavy atom. The minimum Gasteiger partial charge on any atom is -0.481 e. The summed E-state index contributed by atoms with van der Waals surface area (Å²) in [4.78, 5) is 19.3. The number of carboxylic acid groups (broad SMARTS) is 2. The van der Waals surface area contributed by atoms with Crippen LogP contribution in [0.4, 0.5) is 0 Å². The molecule has 6 heteroatoms. The zero-order valence-electron chi connectivity index (χ0n) is 12.1. The SMILES string of the molecule is O=C(O)CCCCCCCCCCCO.O=C(O)CO. The van der Waals surface area contributed by atoms with Crippen molar-refractivity contribution in [3.8, 4) is 0 Å². The lowest BCUT2D eigenvalue weighted by Gasteiger charge is -2.00. The van der Waals surface area contributed by atoms with Gasteiger partial charge in [-0.2, -0.15) is 0 Å². The maximum absolute atomic E-state index is 10.2. The van der Waals surface area contributed by atoms with Crippen LogP contribution in [0.2, 0.25) is 0 Å². The lowest BCUT2D eigenvalue weighted by Crippen LogP contribution is -1.98. The summed E-state index contributed by atoms with van der Waals surface area (Å²) in [6.07, 6.45) is 10.3. The van der Waals surface area contributed by atoms with Crippen molar-refractivity contribution in [3.63, 3.8) is 0 Å². The van der Waals surface area contributed by atoms with Crippen LogP contribution in [0, 0.1) is 0 Å². The third kappa shape index (κ3) is 25.6. The number of aliphatic hydroxyl groups is 2. The predicted molar refractivity (Wildman–Crippen MR) is 75.6 cm³/mol. The second-order valence-corrected chi connectivity index (χ2v) is 4.60. The number of aliphatic carboxylic acids is 2. The average molecular weight is 292 g/mol. The molecule has 6 nitrogen and oxygen atoms in total. The monoisotopic (exact) mass is 292 g/mol. The molecule has 0 atom stereocenters. The van der Waals surface area contributed by atoms with Gasteiger partial charge < -0.3 is 20.4 Å². The Bertz CT molecular complexity index is 230. The Morgan fingerprint density at radius 2 is 0.950 bits per heavy atom. The number of hydrogen-bond donors (Lipinski definition) is 4. The van der Waals surface area contributed by atoms with Crippen molar-refractivity contribution in [2.45, 2.75) is 64.2 Å². The van der Waals surface area contributed by atoms with E-state index in [1.807, 2.05) is 0 Å². The molecule has 0 spiro atoms. The van der Waals surface area contributed by atoms with E-state index in [1.165, 1.54) is 25.7 Å². The molecule has 0 aliphatic heterocycles. The van der Waals surface area contributed by atoms with Gasteiger partial charge in [0.05, 0.1) is 0 Å². The Balaban J connectivity index is 0. The van der Waals surface area contributed by atoms with E-state index in [9.17, 15) is 4.79 Å². The Morgan fingerprint density at radius 3 is 1.25 bits per heavy atom. The zero-order valence-corrected chi connectivity index (χ0v) is 12.1. The number of carbonyl (C=O) groups is 2. The second kappa shape index (κ2) is 17.9. The quantitative estimate of drug-likeness (QED) is 0.409. The standard InChI is InChI=1S/C12H24O3.C2H4O3/c13-11-9-7-5-3-1-2-4-6-8-10-12(14)15;3-1-2(4)5/h13H,1-11H2,(H,14,15);3H,1H2,(H,4,5). The lowest BCUT2D eigenvalue weighted by molar-refractivity contribution is -0.140. The van der Waals surface area contributed by atoms with Gasteiger partial charge in [0, 0.05) is 13.0 Å². The predicted octanol–water partition coefficient (Wildman–Crippen LogP) is 2.03. The summed E-state index contributed by atoms with van der Waals surface area (Å²) >= 11 is 0. The van der Waals surface area contributed by atoms with Crippen LogP contribution in [0.25, 0.3) is 0 Å². The summed E-state index contributed by atoms with van der Waals surface area (Å²) in [5.41, 5.74) is 0. The van der Waals surface area contributed by atoms with E-state index in [0.717, 1.165) is 32.1 Å². The van der Waals surface area contributed by atoms with Crippen molar-refractivity contribution < 1.29 is 30.0 Å². The van der Waals surface area contributed by atoms with Crippen LogP contribution < -0.4 is 0 Å². The summed E-state index contributed by atoms with van der Waals surface area (Å²) in [5, 5.41) is 32.0. The molecule has 20 heavy (non-hydrogen) atoms. The summed E-state index contributed by atoms with van der Waals surface area (Å²) in [6.45, 7) is -0.463. The number of hydrogen-bond acceptors (Lipinski definition) is 4. The van der Waals surface area contributed by atoms with Crippen LogP contribution in [-0.2, 0) is 9.59 Å². The largest absolute Gasteiger partial charge is 0.481 e. The molecule has 0 bridgehead atoms. The van der Waals surface area contributed by atoms with Gasteiger partial charge in [-0.15, -0.1) is 0 Å². The summed E-state index contributed by atoms with van der Waals surface area (Å²) in [6, 6.07) is 0. The normalized spacial score (nSPS) is 9.70. The molecule has 0 fully saturated rings. The van der Waals surface area contributed by atoms with Crippen molar-refractivity contribution in [3.05, 3.63) is 0 Å². The summed E-state index contributed by atoms with van der Waals surface area (Å²) in [5.74, 6) is -1.87. The molecule has 0 aromatic carbocycles. The number of aliphatic hydroxyl groups excluding tert-OH is 2. The van der Waals surface area contributed by atoms with Gasteiger partial charge >= 0.3 is 11.9 Å². The third-order valence-electron chi connectivity index (χ3n) is 2.68. The molecule has 120 valence electrons. The van der Waals surface area contributed by atoms with Gasteiger partial charge in [0.25, 0.3) is 0 Å². The van der Waals surface area contributed by atoms with Crippen LogP contribution in [0.15, 0.2) is 0 Å². The molecular formula is C14H28O6. The average Bonchev–Trinajstić information content (AvgIpc) is 2.41. The molecule has 0 aliphatic carbocycles. The van der Waals surface area contributed by atoms with Crippen LogP contribution >= 0.6 is 0 Å². The number of rotatable bonds is 12. The first-order valence-corrected chi connectivity index (χ1v) is 7.20. The smallest absolute Gasteiger partial charge is 0.329 e. The maximum atomic E-state index is 10.2. The van der Waals surface area contributed by atoms with E-state index >= 15 is 0 Å². The molecule has 0 unspecified atom stereocenters. The fourth-order valence-corrected chi connectivity index (χ4v) is 1.63. The van der Waals surface area contributed by atoms with Crippen molar-refractivity contribution in [1.82, 2.24) is 0 Å². The molecule has 0 saturated heterocycles. The highest BCUT2D eigenvalue weighted by atomic mass is 16.4. The number of unbranched alkanes of at least 4 members (excludes halogenated alkanes) is 8. The molecule has 0 heterocycles. The van der Waals surface area contributed by atoms with Crippen molar-refractivity contribution in [2.75, 3.05) is 13.2 Å². The molecule has 0 aromatic rings. The van der Waals surface area contributed by atoms with Crippen LogP contribution in [0.1, 0.15) is 64.2 Å². The zero-order chi connectivity index (χ0) is 15.6. The van der Waals surface area contributed by atoms with Gasteiger partial charge in [-0.05, 0) is 12.8 Å². The molecule has 0 aromatic heterocycles. The van der Waals surface area contributed by atoms with E-state index < -0.39 is 18.5 Å². The Kier molecular flexibility index (Phi) is 18.9. The second-order valence-electron chi connectivity index (χ2n) is 4.60. The highest BCUT2D eigenvalue weighted by Crippen LogP contribution is 2.10. The first kappa shape index (κ1) is 21.2. The van der Waals surface area contributed by atoms with E-state index in [1.54, 1.807) is 0 Å².